The minimum absolute atomic E-state index is 0.149. The lowest BCUT2D eigenvalue weighted by Gasteiger charge is -2.39. The fourth-order valence-corrected chi connectivity index (χ4v) is 3.72. The number of para-hydroxylation sites is 1. The van der Waals surface area contributed by atoms with Crippen molar-refractivity contribution in [3.8, 4) is 0 Å². The molecule has 1 saturated carbocycles. The number of nitrogens with one attached hydrogen (secondary N) is 1. The molecule has 5 nitrogen and oxygen atoms in total. The number of rotatable bonds is 4. The molecule has 3 rings (SSSR count). The van der Waals surface area contributed by atoms with Crippen molar-refractivity contribution in [3.63, 3.8) is 0 Å². The van der Waals surface area contributed by atoms with Crippen LogP contribution in [-0.4, -0.2) is 27.5 Å². The van der Waals surface area contributed by atoms with E-state index in [1.807, 2.05) is 37.3 Å². The third-order valence-electron chi connectivity index (χ3n) is 5.00. The Morgan fingerprint density at radius 3 is 2.88 bits per heavy atom. The Balaban J connectivity index is 1.78. The SMILES string of the molecule is CC1(NC(=O)Cc2cccc3cccnc23)CCCCC1C(=O)O. The number of fused-ring (bicyclic) bond motifs is 1. The van der Waals surface area contributed by atoms with Crippen LogP contribution >= 0.6 is 0 Å². The summed E-state index contributed by atoms with van der Waals surface area (Å²) in [6, 6.07) is 9.60. The van der Waals surface area contributed by atoms with Crippen molar-refractivity contribution in [1.82, 2.24) is 10.3 Å². The Labute approximate surface area is 141 Å². The number of benzene rings is 1. The van der Waals surface area contributed by atoms with Gasteiger partial charge in [0.15, 0.2) is 0 Å². The maximum absolute atomic E-state index is 12.6. The quantitative estimate of drug-likeness (QED) is 0.905. The molecule has 2 N–H and O–H groups in total. The van der Waals surface area contributed by atoms with E-state index in [1.165, 1.54) is 0 Å². The summed E-state index contributed by atoms with van der Waals surface area (Å²) in [5.74, 6) is -1.51. The van der Waals surface area contributed by atoms with Crippen molar-refractivity contribution in [2.45, 2.75) is 44.6 Å². The van der Waals surface area contributed by atoms with Crippen LogP contribution in [0.15, 0.2) is 36.5 Å². The molecule has 0 radical (unpaired) electrons. The van der Waals surface area contributed by atoms with Gasteiger partial charge in [-0.3, -0.25) is 14.6 Å². The highest BCUT2D eigenvalue weighted by Crippen LogP contribution is 2.34. The van der Waals surface area contributed by atoms with Crippen LogP contribution in [-0.2, 0) is 16.0 Å². The molecular weight excluding hydrogens is 304 g/mol. The van der Waals surface area contributed by atoms with Gasteiger partial charge in [0.05, 0.1) is 23.4 Å². The molecular formula is C19H22N2O3. The summed E-state index contributed by atoms with van der Waals surface area (Å²) < 4.78 is 0. The average molecular weight is 326 g/mol. The second kappa shape index (κ2) is 6.59. The molecule has 2 atom stereocenters. The van der Waals surface area contributed by atoms with Crippen molar-refractivity contribution < 1.29 is 14.7 Å². The van der Waals surface area contributed by atoms with Gasteiger partial charge in [-0.2, -0.15) is 0 Å². The lowest BCUT2D eigenvalue weighted by molar-refractivity contribution is -0.146. The lowest BCUT2D eigenvalue weighted by Crippen LogP contribution is -2.55. The molecule has 24 heavy (non-hydrogen) atoms. The topological polar surface area (TPSA) is 79.3 Å². The van der Waals surface area contributed by atoms with Gasteiger partial charge in [-0.1, -0.05) is 37.1 Å². The number of nitrogens with zero attached hydrogens (tertiary/aromatic N) is 1. The Hall–Kier alpha value is -2.43. The van der Waals surface area contributed by atoms with Gasteiger partial charge >= 0.3 is 5.97 Å². The zero-order valence-corrected chi connectivity index (χ0v) is 13.8. The Kier molecular flexibility index (Phi) is 4.51. The highest BCUT2D eigenvalue weighted by molar-refractivity contribution is 5.88. The Bertz CT molecular complexity index is 769. The third-order valence-corrected chi connectivity index (χ3v) is 5.00. The van der Waals surface area contributed by atoms with E-state index in [1.54, 1.807) is 6.20 Å². The monoisotopic (exact) mass is 326 g/mol. The van der Waals surface area contributed by atoms with Crippen LogP contribution < -0.4 is 5.32 Å². The van der Waals surface area contributed by atoms with Gasteiger partial charge in [0, 0.05) is 11.6 Å². The molecule has 5 heteroatoms. The zero-order chi connectivity index (χ0) is 17.2. The van der Waals surface area contributed by atoms with Crippen LogP contribution in [0.5, 0.6) is 0 Å². The number of carboxylic acids is 1. The Morgan fingerprint density at radius 2 is 2.08 bits per heavy atom. The van der Waals surface area contributed by atoms with Crippen molar-refractivity contribution in [3.05, 3.63) is 42.1 Å². The van der Waals surface area contributed by atoms with Crippen LogP contribution in [0.4, 0.5) is 0 Å². The molecule has 1 aromatic carbocycles. The van der Waals surface area contributed by atoms with Crippen LogP contribution in [0.2, 0.25) is 0 Å². The van der Waals surface area contributed by atoms with Crippen molar-refractivity contribution in [2.24, 2.45) is 5.92 Å². The zero-order valence-electron chi connectivity index (χ0n) is 13.8. The van der Waals surface area contributed by atoms with Crippen LogP contribution in [0.1, 0.15) is 38.2 Å². The number of carboxylic acid groups (broad SMARTS) is 1. The molecule has 0 spiro atoms. The first-order valence-electron chi connectivity index (χ1n) is 8.36. The maximum Gasteiger partial charge on any atom is 0.308 e. The van der Waals surface area contributed by atoms with Crippen molar-refractivity contribution >= 4 is 22.8 Å². The predicted octanol–water partition coefficient (Wildman–Crippen LogP) is 2.93. The number of aromatic nitrogens is 1. The minimum atomic E-state index is -0.829. The molecule has 1 aliphatic carbocycles. The second-order valence-corrected chi connectivity index (χ2v) is 6.77. The number of pyridine rings is 1. The molecule has 126 valence electrons. The number of amides is 1. The summed E-state index contributed by atoms with van der Waals surface area (Å²) >= 11 is 0. The minimum Gasteiger partial charge on any atom is -0.481 e. The van der Waals surface area contributed by atoms with Crippen LogP contribution in [0, 0.1) is 5.92 Å². The first-order chi connectivity index (χ1) is 11.5. The van der Waals surface area contributed by atoms with E-state index in [-0.39, 0.29) is 12.3 Å². The van der Waals surface area contributed by atoms with E-state index >= 15 is 0 Å². The summed E-state index contributed by atoms with van der Waals surface area (Å²) in [4.78, 5) is 28.5. The van der Waals surface area contributed by atoms with Gasteiger partial charge in [0.1, 0.15) is 0 Å². The summed E-state index contributed by atoms with van der Waals surface area (Å²) in [5.41, 5.74) is 0.995. The Morgan fingerprint density at radius 1 is 1.29 bits per heavy atom. The first-order valence-corrected chi connectivity index (χ1v) is 8.36. The lowest BCUT2D eigenvalue weighted by atomic mass is 9.74. The smallest absolute Gasteiger partial charge is 0.308 e. The van der Waals surface area contributed by atoms with Gasteiger partial charge in [0.25, 0.3) is 0 Å². The summed E-state index contributed by atoms with van der Waals surface area (Å²) in [7, 11) is 0. The van der Waals surface area contributed by atoms with Crippen molar-refractivity contribution in [2.75, 3.05) is 0 Å². The highest BCUT2D eigenvalue weighted by Gasteiger charge is 2.42. The van der Waals surface area contributed by atoms with Gasteiger partial charge in [-0.25, -0.2) is 0 Å². The number of hydrogen-bond donors (Lipinski definition) is 2. The largest absolute Gasteiger partial charge is 0.481 e. The van der Waals surface area contributed by atoms with Gasteiger partial charge < -0.3 is 10.4 Å². The molecule has 0 aliphatic heterocycles. The fourth-order valence-electron chi connectivity index (χ4n) is 3.72. The van der Waals surface area contributed by atoms with E-state index in [0.717, 1.165) is 29.3 Å². The molecule has 1 amide bonds. The summed E-state index contributed by atoms with van der Waals surface area (Å²) in [5, 5.41) is 13.4. The molecule has 0 bridgehead atoms. The first kappa shape index (κ1) is 16.4. The molecule has 1 fully saturated rings. The van der Waals surface area contributed by atoms with Crippen molar-refractivity contribution in [1.29, 1.82) is 0 Å². The standard InChI is InChI=1S/C19H22N2O3/c1-19(10-3-2-9-15(19)18(23)24)21-16(22)12-14-7-4-6-13-8-5-11-20-17(13)14/h4-8,11,15H,2-3,9-10,12H2,1H3,(H,21,22)(H,23,24). The number of aliphatic carboxylic acids is 1. The second-order valence-electron chi connectivity index (χ2n) is 6.77. The van der Waals surface area contributed by atoms with Crippen LogP contribution in [0.3, 0.4) is 0 Å². The average Bonchev–Trinajstić information content (AvgIpc) is 2.54. The van der Waals surface area contributed by atoms with Gasteiger partial charge in [0.2, 0.25) is 5.91 Å². The van der Waals surface area contributed by atoms with E-state index in [2.05, 4.69) is 10.3 Å². The maximum atomic E-state index is 12.6. The van der Waals surface area contributed by atoms with Gasteiger partial charge in [-0.15, -0.1) is 0 Å². The van der Waals surface area contributed by atoms with E-state index < -0.39 is 17.4 Å². The molecule has 2 aromatic rings. The number of carbonyl (C=O) groups is 2. The molecule has 1 heterocycles. The predicted molar refractivity (Wildman–Crippen MR) is 91.6 cm³/mol. The summed E-state index contributed by atoms with van der Waals surface area (Å²) in [6.45, 7) is 1.85. The highest BCUT2D eigenvalue weighted by atomic mass is 16.4. The third kappa shape index (κ3) is 3.25. The number of hydrogen-bond acceptors (Lipinski definition) is 3. The van der Waals surface area contributed by atoms with E-state index in [4.69, 9.17) is 0 Å². The van der Waals surface area contributed by atoms with Crippen LogP contribution in [0.25, 0.3) is 10.9 Å². The normalized spacial score (nSPS) is 23.8. The molecule has 2 unspecified atom stereocenters. The number of carbonyl (C=O) groups excluding carboxylic acids is 1. The van der Waals surface area contributed by atoms with E-state index in [9.17, 15) is 14.7 Å². The molecule has 0 saturated heterocycles. The molecule has 1 aliphatic rings. The van der Waals surface area contributed by atoms with E-state index in [0.29, 0.717) is 12.8 Å². The summed E-state index contributed by atoms with van der Waals surface area (Å²) in [6.07, 6.45) is 5.07. The molecule has 1 aromatic heterocycles. The van der Waals surface area contributed by atoms with Gasteiger partial charge in [-0.05, 0) is 31.4 Å². The fraction of sp³-hybridized carbons (Fsp3) is 0.421.